The first-order chi connectivity index (χ1) is 9.37. The van der Waals surface area contributed by atoms with Gasteiger partial charge in [0.2, 0.25) is 0 Å². The number of rotatable bonds is 5. The first kappa shape index (κ1) is 15.3. The van der Waals surface area contributed by atoms with Gasteiger partial charge in [-0.2, -0.15) is 0 Å². The van der Waals surface area contributed by atoms with E-state index in [1.807, 2.05) is 0 Å². The third-order valence-corrected chi connectivity index (χ3v) is 4.71. The molecule has 0 spiro atoms. The summed E-state index contributed by atoms with van der Waals surface area (Å²) in [4.78, 5) is 0. The van der Waals surface area contributed by atoms with Gasteiger partial charge in [-0.15, -0.1) is 0 Å². The predicted octanol–water partition coefficient (Wildman–Crippen LogP) is 2.63. The molecule has 1 N–H and O–H groups in total. The summed E-state index contributed by atoms with van der Waals surface area (Å²) in [6.45, 7) is 0. The normalized spacial score (nSPS) is 13.3. The second kappa shape index (κ2) is 6.13. The van der Waals surface area contributed by atoms with Crippen molar-refractivity contribution < 1.29 is 18.0 Å². The van der Waals surface area contributed by atoms with Crippen molar-refractivity contribution in [1.29, 1.82) is 0 Å². The molecule has 108 valence electrons. The number of aliphatic hydroxyl groups is 1. The summed E-state index contributed by atoms with van der Waals surface area (Å²) in [5, 5.41) is 14.2. The van der Waals surface area contributed by atoms with Crippen molar-refractivity contribution in [3.63, 3.8) is 0 Å². The SMILES string of the molecule is O=S(=O)(Cc1ccon1)CC(O)c1ccc(Cl)cc1Cl. The quantitative estimate of drug-likeness (QED) is 0.908. The lowest BCUT2D eigenvalue weighted by molar-refractivity contribution is 0.201. The minimum atomic E-state index is -3.54. The van der Waals surface area contributed by atoms with Crippen LogP contribution in [0.3, 0.4) is 0 Å². The number of hydrogen-bond acceptors (Lipinski definition) is 5. The molecular formula is C12H11Cl2NO4S. The van der Waals surface area contributed by atoms with Crippen LogP contribution in [0.25, 0.3) is 0 Å². The first-order valence-corrected chi connectivity index (χ1v) is 8.18. The van der Waals surface area contributed by atoms with Crippen molar-refractivity contribution in [3.8, 4) is 0 Å². The number of nitrogens with zero attached hydrogens (tertiary/aromatic N) is 1. The van der Waals surface area contributed by atoms with Crippen molar-refractivity contribution in [3.05, 3.63) is 51.8 Å². The lowest BCUT2D eigenvalue weighted by atomic mass is 10.1. The number of benzene rings is 1. The molecule has 1 atom stereocenters. The fourth-order valence-electron chi connectivity index (χ4n) is 1.70. The zero-order valence-electron chi connectivity index (χ0n) is 10.2. The Hall–Kier alpha value is -1.08. The molecule has 1 heterocycles. The van der Waals surface area contributed by atoms with E-state index in [0.29, 0.717) is 16.3 Å². The van der Waals surface area contributed by atoms with Crippen LogP contribution in [0.1, 0.15) is 17.4 Å². The van der Waals surface area contributed by atoms with Crippen molar-refractivity contribution in [1.82, 2.24) is 5.16 Å². The third-order valence-electron chi connectivity index (χ3n) is 2.59. The minimum absolute atomic E-state index is 0.224. The molecule has 0 aliphatic rings. The molecule has 0 bridgehead atoms. The Morgan fingerprint density at radius 3 is 2.65 bits per heavy atom. The molecular weight excluding hydrogens is 325 g/mol. The molecule has 0 saturated carbocycles. The second-order valence-corrected chi connectivity index (χ2v) is 7.18. The van der Waals surface area contributed by atoms with Crippen LogP contribution in [0.4, 0.5) is 0 Å². The Kier molecular flexibility index (Phi) is 4.70. The fourth-order valence-corrected chi connectivity index (χ4v) is 3.61. The largest absolute Gasteiger partial charge is 0.387 e. The van der Waals surface area contributed by atoms with Crippen molar-refractivity contribution in [2.24, 2.45) is 0 Å². The Morgan fingerprint density at radius 2 is 2.05 bits per heavy atom. The van der Waals surface area contributed by atoms with Crippen LogP contribution in [0.5, 0.6) is 0 Å². The number of aliphatic hydroxyl groups excluding tert-OH is 1. The molecule has 1 aromatic carbocycles. The zero-order chi connectivity index (χ0) is 14.8. The van der Waals surface area contributed by atoms with Gasteiger partial charge in [0.25, 0.3) is 0 Å². The molecule has 0 saturated heterocycles. The highest BCUT2D eigenvalue weighted by Gasteiger charge is 2.22. The van der Waals surface area contributed by atoms with Crippen molar-refractivity contribution in [2.45, 2.75) is 11.9 Å². The molecule has 0 radical (unpaired) electrons. The highest BCUT2D eigenvalue weighted by molar-refractivity contribution is 7.90. The average molecular weight is 336 g/mol. The summed E-state index contributed by atoms with van der Waals surface area (Å²) in [5.74, 6) is -0.757. The second-order valence-electron chi connectivity index (χ2n) is 4.23. The van der Waals surface area contributed by atoms with E-state index in [2.05, 4.69) is 9.68 Å². The van der Waals surface area contributed by atoms with Gasteiger partial charge in [-0.1, -0.05) is 34.4 Å². The van der Waals surface area contributed by atoms with Gasteiger partial charge >= 0.3 is 0 Å². The van der Waals surface area contributed by atoms with Crippen LogP contribution < -0.4 is 0 Å². The van der Waals surface area contributed by atoms with E-state index in [0.717, 1.165) is 0 Å². The molecule has 5 nitrogen and oxygen atoms in total. The van der Waals surface area contributed by atoms with E-state index in [1.54, 1.807) is 0 Å². The summed E-state index contributed by atoms with van der Waals surface area (Å²) in [6, 6.07) is 5.95. The molecule has 8 heteroatoms. The van der Waals surface area contributed by atoms with Crippen LogP contribution >= 0.6 is 23.2 Å². The predicted molar refractivity (Wildman–Crippen MR) is 75.4 cm³/mol. The zero-order valence-corrected chi connectivity index (χ0v) is 12.5. The van der Waals surface area contributed by atoms with E-state index < -0.39 is 21.7 Å². The van der Waals surface area contributed by atoms with Gasteiger partial charge < -0.3 is 9.63 Å². The summed E-state index contributed by atoms with van der Waals surface area (Å²) in [7, 11) is -3.54. The fraction of sp³-hybridized carbons (Fsp3) is 0.250. The Balaban J connectivity index is 2.12. The molecule has 2 aromatic rings. The third kappa shape index (κ3) is 3.96. The summed E-state index contributed by atoms with van der Waals surface area (Å²) in [5.41, 5.74) is 0.610. The van der Waals surface area contributed by atoms with Gasteiger partial charge in [-0.05, 0) is 12.1 Å². The topological polar surface area (TPSA) is 80.4 Å². The van der Waals surface area contributed by atoms with E-state index in [4.69, 9.17) is 23.2 Å². The highest BCUT2D eigenvalue weighted by atomic mass is 35.5. The van der Waals surface area contributed by atoms with Gasteiger partial charge in [-0.3, -0.25) is 0 Å². The summed E-state index contributed by atoms with van der Waals surface area (Å²) < 4.78 is 28.5. The number of halogens is 2. The average Bonchev–Trinajstić information content (AvgIpc) is 2.79. The first-order valence-electron chi connectivity index (χ1n) is 5.60. The monoisotopic (exact) mass is 335 g/mol. The molecule has 2 rings (SSSR count). The van der Waals surface area contributed by atoms with E-state index in [-0.39, 0.29) is 10.8 Å². The van der Waals surface area contributed by atoms with Gasteiger partial charge in [0.05, 0.1) is 23.3 Å². The molecule has 0 aliphatic carbocycles. The van der Waals surface area contributed by atoms with Crippen LogP contribution in [0.2, 0.25) is 10.0 Å². The Bertz CT molecular complexity index is 685. The van der Waals surface area contributed by atoms with Gasteiger partial charge in [-0.25, -0.2) is 8.42 Å². The number of hydrogen-bond donors (Lipinski definition) is 1. The number of aromatic nitrogens is 1. The lowest BCUT2D eigenvalue weighted by Crippen LogP contribution is -2.16. The molecule has 0 amide bonds. The van der Waals surface area contributed by atoms with Crippen LogP contribution in [0, 0.1) is 0 Å². The van der Waals surface area contributed by atoms with Gasteiger partial charge in [0.15, 0.2) is 9.84 Å². The van der Waals surface area contributed by atoms with Crippen LogP contribution in [-0.4, -0.2) is 24.4 Å². The molecule has 20 heavy (non-hydrogen) atoms. The molecule has 0 fully saturated rings. The lowest BCUT2D eigenvalue weighted by Gasteiger charge is -2.12. The number of sulfone groups is 1. The van der Waals surface area contributed by atoms with E-state index >= 15 is 0 Å². The standard InChI is InChI=1S/C12H11Cl2NO4S/c13-8-1-2-10(11(14)5-8)12(16)7-20(17,18)6-9-3-4-19-15-9/h1-5,12,16H,6-7H2. The summed E-state index contributed by atoms with van der Waals surface area (Å²) >= 11 is 11.7. The van der Waals surface area contributed by atoms with E-state index in [9.17, 15) is 13.5 Å². The van der Waals surface area contributed by atoms with Crippen molar-refractivity contribution >= 4 is 33.0 Å². The summed E-state index contributed by atoms with van der Waals surface area (Å²) in [6.07, 6.45) is 0.0637. The Morgan fingerprint density at radius 1 is 1.30 bits per heavy atom. The van der Waals surface area contributed by atoms with Gasteiger partial charge in [0, 0.05) is 21.7 Å². The van der Waals surface area contributed by atoms with Crippen LogP contribution in [-0.2, 0) is 15.6 Å². The smallest absolute Gasteiger partial charge is 0.159 e. The van der Waals surface area contributed by atoms with Crippen molar-refractivity contribution in [2.75, 3.05) is 5.75 Å². The van der Waals surface area contributed by atoms with E-state index in [1.165, 1.54) is 30.5 Å². The van der Waals surface area contributed by atoms with Crippen LogP contribution in [0.15, 0.2) is 35.1 Å². The molecule has 1 aromatic heterocycles. The highest BCUT2D eigenvalue weighted by Crippen LogP contribution is 2.27. The van der Waals surface area contributed by atoms with Gasteiger partial charge in [0.1, 0.15) is 6.26 Å². The Labute approximate surface area is 126 Å². The minimum Gasteiger partial charge on any atom is -0.387 e. The molecule has 1 unspecified atom stereocenters. The maximum atomic E-state index is 11.9. The maximum absolute atomic E-state index is 11.9. The maximum Gasteiger partial charge on any atom is 0.159 e. The molecule has 0 aliphatic heterocycles.